The van der Waals surface area contributed by atoms with E-state index in [0.29, 0.717) is 26.0 Å². The first-order valence-corrected chi connectivity index (χ1v) is 13.4. The van der Waals surface area contributed by atoms with Gasteiger partial charge in [-0.05, 0) is 67.6 Å². The number of hydrogen-bond acceptors (Lipinski definition) is 4. The number of benzene rings is 3. The average Bonchev–Trinajstić information content (AvgIpc) is 2.94. The van der Waals surface area contributed by atoms with Gasteiger partial charge >= 0.3 is 0 Å². The molecule has 0 bridgehead atoms. The molecule has 3 rings (SSSR count). The Labute approximate surface area is 227 Å². The van der Waals surface area contributed by atoms with Crippen LogP contribution in [0.15, 0.2) is 78.9 Å². The summed E-state index contributed by atoms with van der Waals surface area (Å²) in [6, 6.07) is 24.7. The van der Waals surface area contributed by atoms with Crippen LogP contribution in [0.2, 0.25) is 0 Å². The monoisotopic (exact) mass is 516 g/mol. The second-order valence-electron chi connectivity index (χ2n) is 9.60. The first-order valence-electron chi connectivity index (χ1n) is 13.4. The summed E-state index contributed by atoms with van der Waals surface area (Å²) in [7, 11) is 1.62. The van der Waals surface area contributed by atoms with Crippen molar-refractivity contribution >= 4 is 11.8 Å². The first-order chi connectivity index (χ1) is 18.4. The summed E-state index contributed by atoms with van der Waals surface area (Å²) in [6.07, 6.45) is 2.09. The molecule has 2 amide bonds. The standard InChI is InChI=1S/C32H40N2O4/c1-5-25(3)33-32(36)30(22-26-13-7-6-8-14-26)34(23-27-15-10-9-12-24(27)2)31(35)16-11-21-38-29-19-17-28(37-4)18-20-29/h6-10,12-15,17-20,25,30H,5,11,16,21-23H2,1-4H3,(H,33,36)/t25-,30-/m0/s1. The Balaban J connectivity index is 1.78. The highest BCUT2D eigenvalue weighted by Crippen LogP contribution is 2.20. The third-order valence-corrected chi connectivity index (χ3v) is 6.74. The largest absolute Gasteiger partial charge is 0.497 e. The molecule has 0 saturated heterocycles. The van der Waals surface area contributed by atoms with Crippen LogP contribution in [0.25, 0.3) is 0 Å². The number of ether oxygens (including phenoxy) is 2. The van der Waals surface area contributed by atoms with Crippen LogP contribution in [0, 0.1) is 6.92 Å². The van der Waals surface area contributed by atoms with Crippen molar-refractivity contribution in [2.24, 2.45) is 0 Å². The Morgan fingerprint density at radius 3 is 2.24 bits per heavy atom. The molecule has 0 radical (unpaired) electrons. The molecule has 0 spiro atoms. The summed E-state index contributed by atoms with van der Waals surface area (Å²) < 4.78 is 11.0. The van der Waals surface area contributed by atoms with E-state index in [1.165, 1.54) is 0 Å². The average molecular weight is 517 g/mol. The minimum atomic E-state index is -0.624. The molecule has 38 heavy (non-hydrogen) atoms. The molecule has 6 nitrogen and oxygen atoms in total. The normalized spacial score (nSPS) is 12.3. The molecule has 3 aromatic carbocycles. The third kappa shape index (κ3) is 8.65. The molecule has 0 unspecified atom stereocenters. The van der Waals surface area contributed by atoms with E-state index in [0.717, 1.165) is 34.6 Å². The van der Waals surface area contributed by atoms with Crippen molar-refractivity contribution in [3.05, 3.63) is 95.6 Å². The SMILES string of the molecule is CC[C@H](C)NC(=O)[C@H](Cc1ccccc1)N(Cc1ccccc1C)C(=O)CCCOc1ccc(OC)cc1. The van der Waals surface area contributed by atoms with E-state index in [9.17, 15) is 9.59 Å². The summed E-state index contributed by atoms with van der Waals surface area (Å²) >= 11 is 0. The molecule has 3 aromatic rings. The molecule has 0 heterocycles. The molecule has 0 aliphatic heterocycles. The van der Waals surface area contributed by atoms with Crippen LogP contribution in [0.1, 0.15) is 49.8 Å². The summed E-state index contributed by atoms with van der Waals surface area (Å²) in [6.45, 7) is 6.83. The van der Waals surface area contributed by atoms with Crippen molar-refractivity contribution < 1.29 is 19.1 Å². The lowest BCUT2D eigenvalue weighted by atomic mass is 10.0. The number of amides is 2. The minimum Gasteiger partial charge on any atom is -0.497 e. The van der Waals surface area contributed by atoms with Crippen LogP contribution in [0.3, 0.4) is 0 Å². The van der Waals surface area contributed by atoms with Crippen LogP contribution in [-0.2, 0) is 22.6 Å². The van der Waals surface area contributed by atoms with Gasteiger partial charge in [-0.1, -0.05) is 61.5 Å². The highest BCUT2D eigenvalue weighted by molar-refractivity contribution is 5.88. The fourth-order valence-corrected chi connectivity index (χ4v) is 4.20. The van der Waals surface area contributed by atoms with Gasteiger partial charge in [-0.15, -0.1) is 0 Å². The fraction of sp³-hybridized carbons (Fsp3) is 0.375. The van der Waals surface area contributed by atoms with Crippen LogP contribution in [0.5, 0.6) is 11.5 Å². The zero-order valence-electron chi connectivity index (χ0n) is 23.0. The maximum absolute atomic E-state index is 13.7. The molecule has 0 aliphatic carbocycles. The van der Waals surface area contributed by atoms with Crippen LogP contribution >= 0.6 is 0 Å². The highest BCUT2D eigenvalue weighted by Gasteiger charge is 2.31. The Bertz CT molecular complexity index is 1150. The van der Waals surface area contributed by atoms with Crippen molar-refractivity contribution in [2.75, 3.05) is 13.7 Å². The Morgan fingerprint density at radius 1 is 0.921 bits per heavy atom. The van der Waals surface area contributed by atoms with Gasteiger partial charge in [-0.2, -0.15) is 0 Å². The number of carbonyl (C=O) groups excluding carboxylic acids is 2. The topological polar surface area (TPSA) is 67.9 Å². The van der Waals surface area contributed by atoms with Gasteiger partial charge in [0.05, 0.1) is 13.7 Å². The van der Waals surface area contributed by atoms with Crippen molar-refractivity contribution in [3.8, 4) is 11.5 Å². The number of nitrogens with zero attached hydrogens (tertiary/aromatic N) is 1. The van der Waals surface area contributed by atoms with Gasteiger partial charge in [0, 0.05) is 25.4 Å². The number of hydrogen-bond donors (Lipinski definition) is 1. The number of rotatable bonds is 14. The Morgan fingerprint density at radius 2 is 1.58 bits per heavy atom. The molecule has 0 saturated carbocycles. The lowest BCUT2D eigenvalue weighted by Crippen LogP contribution is -2.52. The predicted octanol–water partition coefficient (Wildman–Crippen LogP) is 5.72. The number of carbonyl (C=O) groups is 2. The molecule has 1 N–H and O–H groups in total. The first kappa shape index (κ1) is 28.8. The van der Waals surface area contributed by atoms with Gasteiger partial charge in [0.2, 0.25) is 11.8 Å². The molecular formula is C32H40N2O4. The zero-order chi connectivity index (χ0) is 27.3. The molecule has 6 heteroatoms. The Kier molecular flexibility index (Phi) is 11.2. The lowest BCUT2D eigenvalue weighted by molar-refractivity contribution is -0.141. The van der Waals surface area contributed by atoms with Crippen LogP contribution in [-0.4, -0.2) is 42.5 Å². The molecule has 2 atom stereocenters. The quantitative estimate of drug-likeness (QED) is 0.278. The Hall–Kier alpha value is -3.80. The maximum atomic E-state index is 13.7. The van der Waals surface area contributed by atoms with Crippen molar-refractivity contribution in [2.45, 2.75) is 65.1 Å². The third-order valence-electron chi connectivity index (χ3n) is 6.74. The van der Waals surface area contributed by atoms with E-state index in [-0.39, 0.29) is 24.3 Å². The highest BCUT2D eigenvalue weighted by atomic mass is 16.5. The van der Waals surface area contributed by atoms with E-state index in [1.54, 1.807) is 12.0 Å². The summed E-state index contributed by atoms with van der Waals surface area (Å²) in [4.78, 5) is 29.0. The predicted molar refractivity (Wildman–Crippen MR) is 151 cm³/mol. The molecule has 0 aliphatic rings. The molecule has 202 valence electrons. The van der Waals surface area contributed by atoms with Crippen LogP contribution < -0.4 is 14.8 Å². The number of methoxy groups -OCH3 is 1. The van der Waals surface area contributed by atoms with Crippen LogP contribution in [0.4, 0.5) is 0 Å². The maximum Gasteiger partial charge on any atom is 0.243 e. The smallest absolute Gasteiger partial charge is 0.243 e. The van der Waals surface area contributed by atoms with Gasteiger partial charge in [-0.25, -0.2) is 0 Å². The van der Waals surface area contributed by atoms with E-state index in [4.69, 9.17) is 9.47 Å². The van der Waals surface area contributed by atoms with E-state index < -0.39 is 6.04 Å². The van der Waals surface area contributed by atoms with Gasteiger partial charge in [0.25, 0.3) is 0 Å². The zero-order valence-corrected chi connectivity index (χ0v) is 23.0. The molecule has 0 aromatic heterocycles. The van der Waals surface area contributed by atoms with Gasteiger partial charge < -0.3 is 19.7 Å². The lowest BCUT2D eigenvalue weighted by Gasteiger charge is -2.33. The van der Waals surface area contributed by atoms with Crippen molar-refractivity contribution in [3.63, 3.8) is 0 Å². The number of aryl methyl sites for hydroxylation is 1. The van der Waals surface area contributed by atoms with E-state index >= 15 is 0 Å². The van der Waals surface area contributed by atoms with Crippen molar-refractivity contribution in [1.29, 1.82) is 0 Å². The minimum absolute atomic E-state index is 0.0223. The summed E-state index contributed by atoms with van der Waals surface area (Å²) in [5, 5.41) is 3.12. The van der Waals surface area contributed by atoms with E-state index in [1.807, 2.05) is 99.6 Å². The van der Waals surface area contributed by atoms with Gasteiger partial charge in [0.1, 0.15) is 17.5 Å². The second-order valence-corrected chi connectivity index (χ2v) is 9.60. The number of nitrogens with one attached hydrogen (secondary N) is 1. The van der Waals surface area contributed by atoms with Gasteiger partial charge in [0.15, 0.2) is 0 Å². The molecule has 0 fully saturated rings. The fourth-order valence-electron chi connectivity index (χ4n) is 4.20. The van der Waals surface area contributed by atoms with Crippen molar-refractivity contribution in [1.82, 2.24) is 10.2 Å². The van der Waals surface area contributed by atoms with E-state index in [2.05, 4.69) is 5.32 Å². The summed E-state index contributed by atoms with van der Waals surface area (Å²) in [5.74, 6) is 1.30. The van der Waals surface area contributed by atoms with Gasteiger partial charge in [-0.3, -0.25) is 9.59 Å². The second kappa shape index (κ2) is 14.8. The summed E-state index contributed by atoms with van der Waals surface area (Å²) in [5.41, 5.74) is 3.14. The molecular weight excluding hydrogens is 476 g/mol.